The number of ether oxygens (including phenoxy) is 1. The third-order valence-corrected chi connectivity index (χ3v) is 7.35. The van der Waals surface area contributed by atoms with Gasteiger partial charge in [0.2, 0.25) is 5.82 Å². The van der Waals surface area contributed by atoms with E-state index in [0.717, 1.165) is 24.8 Å². The van der Waals surface area contributed by atoms with Crippen LogP contribution in [-0.2, 0) is 12.8 Å². The number of rotatable bonds is 9. The second kappa shape index (κ2) is 11.8. The summed E-state index contributed by atoms with van der Waals surface area (Å²) in [6.45, 7) is 4.13. The summed E-state index contributed by atoms with van der Waals surface area (Å²) in [5.41, 5.74) is 3.75. The monoisotopic (exact) mass is 480 g/mol. The van der Waals surface area contributed by atoms with E-state index >= 15 is 0 Å². The Hall–Kier alpha value is -2.75. The average Bonchev–Trinajstić information content (AvgIpc) is 2.87. The van der Waals surface area contributed by atoms with Crippen molar-refractivity contribution in [1.29, 1.82) is 0 Å². The lowest BCUT2D eigenvalue weighted by Crippen LogP contribution is -2.14. The first kappa shape index (κ1) is 25.3. The average molecular weight is 481 g/mol. The van der Waals surface area contributed by atoms with Crippen LogP contribution in [0, 0.1) is 23.4 Å². The molecule has 1 aliphatic carbocycles. The maximum absolute atomic E-state index is 14.9. The Morgan fingerprint density at radius 3 is 2.09 bits per heavy atom. The summed E-state index contributed by atoms with van der Waals surface area (Å²) in [5.74, 6) is -1.57. The van der Waals surface area contributed by atoms with Gasteiger partial charge in [-0.1, -0.05) is 49.7 Å². The van der Waals surface area contributed by atoms with Crippen LogP contribution in [-0.4, -0.2) is 6.61 Å². The standard InChI is InChI=1S/C31H35F3O/c1-3-5-21-8-13-24(14-9-21)25-15-10-22(11-16-25)6-7-23-12-17-26(28(32)20-23)27-18-19-29(35-4-2)31(34)30(27)33/h8-9,12-14,17-20,22,25H,3-7,10-11,15-16H2,1-2H3. The zero-order chi connectivity index (χ0) is 24.8. The second-order valence-corrected chi connectivity index (χ2v) is 9.73. The molecule has 1 nitrogen and oxygen atoms in total. The number of benzene rings is 3. The minimum atomic E-state index is -1.08. The zero-order valence-corrected chi connectivity index (χ0v) is 20.8. The number of hydrogen-bond donors (Lipinski definition) is 0. The van der Waals surface area contributed by atoms with Crippen LogP contribution in [0.25, 0.3) is 11.1 Å². The molecule has 0 bridgehead atoms. The molecule has 0 aliphatic heterocycles. The van der Waals surface area contributed by atoms with E-state index in [1.807, 2.05) is 6.07 Å². The summed E-state index contributed by atoms with van der Waals surface area (Å²) in [6.07, 6.45) is 8.92. The SMILES string of the molecule is CCCc1ccc(C2CCC(CCc3ccc(-c4ccc(OCC)c(F)c4F)c(F)c3)CC2)cc1. The van der Waals surface area contributed by atoms with Crippen molar-refractivity contribution >= 4 is 0 Å². The maximum Gasteiger partial charge on any atom is 0.201 e. The predicted octanol–water partition coefficient (Wildman–Crippen LogP) is 9.03. The van der Waals surface area contributed by atoms with Gasteiger partial charge in [-0.3, -0.25) is 0 Å². The topological polar surface area (TPSA) is 9.23 Å². The fourth-order valence-corrected chi connectivity index (χ4v) is 5.34. The first-order valence-corrected chi connectivity index (χ1v) is 13.0. The van der Waals surface area contributed by atoms with E-state index in [-0.39, 0.29) is 23.5 Å². The van der Waals surface area contributed by atoms with Crippen molar-refractivity contribution < 1.29 is 17.9 Å². The van der Waals surface area contributed by atoms with Crippen LogP contribution in [0.5, 0.6) is 5.75 Å². The minimum absolute atomic E-state index is 0.0682. The van der Waals surface area contributed by atoms with Crippen LogP contribution in [0.15, 0.2) is 54.6 Å². The van der Waals surface area contributed by atoms with Crippen molar-refractivity contribution in [3.8, 4) is 16.9 Å². The molecule has 0 spiro atoms. The first-order chi connectivity index (χ1) is 17.0. The van der Waals surface area contributed by atoms with E-state index in [2.05, 4.69) is 31.2 Å². The van der Waals surface area contributed by atoms with Crippen LogP contribution in [0.2, 0.25) is 0 Å². The maximum atomic E-state index is 14.9. The fraction of sp³-hybridized carbons (Fsp3) is 0.419. The van der Waals surface area contributed by atoms with Crippen LogP contribution in [0.4, 0.5) is 13.2 Å². The summed E-state index contributed by atoms with van der Waals surface area (Å²) in [4.78, 5) is 0. The molecule has 4 heteroatoms. The molecule has 0 unspecified atom stereocenters. The molecule has 35 heavy (non-hydrogen) atoms. The molecule has 4 rings (SSSR count). The predicted molar refractivity (Wildman–Crippen MR) is 136 cm³/mol. The summed E-state index contributed by atoms with van der Waals surface area (Å²) < 4.78 is 48.7. The molecule has 0 N–H and O–H groups in total. The largest absolute Gasteiger partial charge is 0.491 e. The lowest BCUT2D eigenvalue weighted by molar-refractivity contribution is 0.310. The van der Waals surface area contributed by atoms with Crippen LogP contribution in [0.1, 0.15) is 75.0 Å². The van der Waals surface area contributed by atoms with Crippen LogP contribution < -0.4 is 4.74 Å². The van der Waals surface area contributed by atoms with Crippen LogP contribution in [0.3, 0.4) is 0 Å². The Balaban J connectivity index is 1.33. The number of halogens is 3. The minimum Gasteiger partial charge on any atom is -0.491 e. The smallest absolute Gasteiger partial charge is 0.201 e. The highest BCUT2D eigenvalue weighted by atomic mass is 19.2. The summed E-state index contributed by atoms with van der Waals surface area (Å²) in [7, 11) is 0. The lowest BCUT2D eigenvalue weighted by atomic mass is 9.76. The van der Waals surface area contributed by atoms with Crippen molar-refractivity contribution in [1.82, 2.24) is 0 Å². The molecule has 3 aromatic rings. The molecule has 0 heterocycles. The molecule has 1 saturated carbocycles. The molecule has 3 aromatic carbocycles. The van der Waals surface area contributed by atoms with Gasteiger partial charge in [0.25, 0.3) is 0 Å². The van der Waals surface area contributed by atoms with Gasteiger partial charge in [-0.05, 0) is 98.6 Å². The Morgan fingerprint density at radius 2 is 1.43 bits per heavy atom. The Bertz CT molecular complexity index is 1110. The third-order valence-electron chi connectivity index (χ3n) is 7.35. The van der Waals surface area contributed by atoms with E-state index in [4.69, 9.17) is 4.74 Å². The highest BCUT2D eigenvalue weighted by Crippen LogP contribution is 2.38. The quantitative estimate of drug-likeness (QED) is 0.297. The fourth-order valence-electron chi connectivity index (χ4n) is 5.34. The Morgan fingerprint density at radius 1 is 0.743 bits per heavy atom. The van der Waals surface area contributed by atoms with Gasteiger partial charge in [0.1, 0.15) is 5.82 Å². The van der Waals surface area contributed by atoms with E-state index in [9.17, 15) is 13.2 Å². The van der Waals surface area contributed by atoms with Gasteiger partial charge < -0.3 is 4.74 Å². The zero-order valence-electron chi connectivity index (χ0n) is 20.8. The van der Waals surface area contributed by atoms with Gasteiger partial charge in [-0.15, -0.1) is 0 Å². The molecule has 0 amide bonds. The van der Waals surface area contributed by atoms with Crippen LogP contribution >= 0.6 is 0 Å². The number of aryl methyl sites for hydroxylation is 2. The van der Waals surface area contributed by atoms with Gasteiger partial charge in [0, 0.05) is 11.1 Å². The molecule has 186 valence electrons. The molecule has 0 aromatic heterocycles. The highest BCUT2D eigenvalue weighted by molar-refractivity contribution is 5.66. The van der Waals surface area contributed by atoms with E-state index < -0.39 is 17.5 Å². The van der Waals surface area contributed by atoms with Crippen molar-refractivity contribution in [3.63, 3.8) is 0 Å². The molecular weight excluding hydrogens is 445 g/mol. The van der Waals surface area contributed by atoms with E-state index in [0.29, 0.717) is 11.8 Å². The Kier molecular flexibility index (Phi) is 8.54. The third kappa shape index (κ3) is 6.09. The summed E-state index contributed by atoms with van der Waals surface area (Å²) in [5, 5.41) is 0. The van der Waals surface area contributed by atoms with Gasteiger partial charge in [-0.25, -0.2) is 8.78 Å². The number of hydrogen-bond acceptors (Lipinski definition) is 1. The van der Waals surface area contributed by atoms with Crippen molar-refractivity contribution in [2.24, 2.45) is 5.92 Å². The van der Waals surface area contributed by atoms with Crippen molar-refractivity contribution in [2.45, 2.75) is 71.1 Å². The second-order valence-electron chi connectivity index (χ2n) is 9.73. The normalized spacial score (nSPS) is 18.0. The van der Waals surface area contributed by atoms with Gasteiger partial charge in [0.15, 0.2) is 11.6 Å². The summed E-state index contributed by atoms with van der Waals surface area (Å²) in [6, 6.07) is 16.7. The van der Waals surface area contributed by atoms with Crippen molar-refractivity contribution in [2.75, 3.05) is 6.61 Å². The summed E-state index contributed by atoms with van der Waals surface area (Å²) >= 11 is 0. The first-order valence-electron chi connectivity index (χ1n) is 13.0. The molecular formula is C31H35F3O. The van der Waals surface area contributed by atoms with Crippen molar-refractivity contribution in [3.05, 3.63) is 88.7 Å². The lowest BCUT2D eigenvalue weighted by Gasteiger charge is -2.29. The molecule has 0 atom stereocenters. The molecule has 1 fully saturated rings. The highest BCUT2D eigenvalue weighted by Gasteiger charge is 2.23. The van der Waals surface area contributed by atoms with E-state index in [1.165, 1.54) is 61.4 Å². The molecule has 0 radical (unpaired) electrons. The van der Waals surface area contributed by atoms with E-state index in [1.54, 1.807) is 13.0 Å². The van der Waals surface area contributed by atoms with Gasteiger partial charge in [0.05, 0.1) is 6.61 Å². The molecule has 0 saturated heterocycles. The van der Waals surface area contributed by atoms with Gasteiger partial charge in [-0.2, -0.15) is 4.39 Å². The molecule has 1 aliphatic rings. The Labute approximate surface area is 207 Å². The van der Waals surface area contributed by atoms with Gasteiger partial charge >= 0.3 is 0 Å².